The molecule has 0 unspecified atom stereocenters. The molecule has 1 aromatic carbocycles. The second-order valence-electron chi connectivity index (χ2n) is 6.16. The van der Waals surface area contributed by atoms with E-state index in [1.165, 1.54) is 19.4 Å². The summed E-state index contributed by atoms with van der Waals surface area (Å²) in [5.41, 5.74) is 1.84. The van der Waals surface area contributed by atoms with Crippen molar-refractivity contribution in [2.24, 2.45) is 0 Å². The molecule has 0 bridgehead atoms. The lowest BCUT2D eigenvalue weighted by Gasteiger charge is -2.23. The minimum absolute atomic E-state index is 0.587. The average Bonchev–Trinajstić information content (AvgIpc) is 3.27. The highest BCUT2D eigenvalue weighted by atomic mass is 15.3. The van der Waals surface area contributed by atoms with Gasteiger partial charge in [-0.1, -0.05) is 25.1 Å². The molecule has 6 heteroatoms. The normalized spacial score (nSPS) is 18.3. The Bertz CT molecular complexity index is 813. The maximum atomic E-state index is 4.50. The van der Waals surface area contributed by atoms with Crippen LogP contribution in [0.3, 0.4) is 0 Å². The number of likely N-dealkylation sites (tertiary alicyclic amines) is 1. The second-order valence-corrected chi connectivity index (χ2v) is 6.16. The summed E-state index contributed by atoms with van der Waals surface area (Å²) in [6.45, 7) is 5.45. The van der Waals surface area contributed by atoms with E-state index in [0.29, 0.717) is 6.04 Å². The van der Waals surface area contributed by atoms with Crippen LogP contribution in [0, 0.1) is 0 Å². The van der Waals surface area contributed by atoms with E-state index in [9.17, 15) is 0 Å². The molecule has 1 N–H and O–H groups in total. The van der Waals surface area contributed by atoms with Crippen molar-refractivity contribution >= 4 is 16.9 Å². The van der Waals surface area contributed by atoms with Crippen molar-refractivity contribution in [2.45, 2.75) is 25.8 Å². The molecule has 1 atom stereocenters. The number of hydrogen-bond acceptors (Lipinski definition) is 5. The van der Waals surface area contributed by atoms with Crippen molar-refractivity contribution < 1.29 is 0 Å². The van der Waals surface area contributed by atoms with E-state index in [1.807, 2.05) is 41.2 Å². The smallest absolute Gasteiger partial charge is 0.168 e. The summed E-state index contributed by atoms with van der Waals surface area (Å²) < 4.78 is 1.86. The predicted molar refractivity (Wildman–Crippen MR) is 95.4 cm³/mol. The molecule has 24 heavy (non-hydrogen) atoms. The van der Waals surface area contributed by atoms with Crippen molar-refractivity contribution in [2.75, 3.05) is 25.0 Å². The minimum Gasteiger partial charge on any atom is -0.368 e. The SMILES string of the molecule is CCN1CCC[C@H]1CNc1ncnc2c1cnn2-c1ccccc1. The predicted octanol–water partition coefficient (Wildman–Crippen LogP) is 2.71. The summed E-state index contributed by atoms with van der Waals surface area (Å²) in [4.78, 5) is 11.4. The average molecular weight is 322 g/mol. The molecular formula is C18H22N6. The summed E-state index contributed by atoms with van der Waals surface area (Å²) in [5.74, 6) is 0.866. The van der Waals surface area contributed by atoms with Gasteiger partial charge >= 0.3 is 0 Å². The summed E-state index contributed by atoms with van der Waals surface area (Å²) in [5, 5.41) is 8.97. The molecule has 3 heterocycles. The number of rotatable bonds is 5. The summed E-state index contributed by atoms with van der Waals surface area (Å²) in [6.07, 6.45) is 5.98. The number of fused-ring (bicyclic) bond motifs is 1. The largest absolute Gasteiger partial charge is 0.368 e. The van der Waals surface area contributed by atoms with E-state index in [1.54, 1.807) is 6.33 Å². The Morgan fingerprint density at radius 1 is 1.21 bits per heavy atom. The van der Waals surface area contributed by atoms with Crippen molar-refractivity contribution in [1.82, 2.24) is 24.6 Å². The van der Waals surface area contributed by atoms with Crippen LogP contribution >= 0.6 is 0 Å². The lowest BCUT2D eigenvalue weighted by molar-refractivity contribution is 0.277. The van der Waals surface area contributed by atoms with Crippen LogP contribution in [0.15, 0.2) is 42.9 Å². The molecule has 1 saturated heterocycles. The zero-order valence-corrected chi connectivity index (χ0v) is 13.9. The molecule has 2 aromatic heterocycles. The Morgan fingerprint density at radius 2 is 2.08 bits per heavy atom. The van der Waals surface area contributed by atoms with Crippen molar-refractivity contribution in [1.29, 1.82) is 0 Å². The number of nitrogens with zero attached hydrogens (tertiary/aromatic N) is 5. The van der Waals surface area contributed by atoms with E-state index in [0.717, 1.165) is 35.6 Å². The van der Waals surface area contributed by atoms with Crippen LogP contribution in [-0.4, -0.2) is 50.3 Å². The summed E-state index contributed by atoms with van der Waals surface area (Å²) >= 11 is 0. The third-order valence-electron chi connectivity index (χ3n) is 4.78. The van der Waals surface area contributed by atoms with Crippen LogP contribution in [0.2, 0.25) is 0 Å². The topological polar surface area (TPSA) is 58.9 Å². The molecule has 124 valence electrons. The number of para-hydroxylation sites is 1. The van der Waals surface area contributed by atoms with E-state index in [2.05, 4.69) is 32.2 Å². The highest BCUT2D eigenvalue weighted by Gasteiger charge is 2.23. The number of nitrogens with one attached hydrogen (secondary N) is 1. The lowest BCUT2D eigenvalue weighted by Crippen LogP contribution is -2.34. The zero-order chi connectivity index (χ0) is 16.4. The van der Waals surface area contributed by atoms with Gasteiger partial charge in [-0.3, -0.25) is 4.90 Å². The van der Waals surface area contributed by atoms with E-state index < -0.39 is 0 Å². The van der Waals surface area contributed by atoms with Gasteiger partial charge in [0.25, 0.3) is 0 Å². The second kappa shape index (κ2) is 6.57. The van der Waals surface area contributed by atoms with Gasteiger partial charge in [0.15, 0.2) is 5.65 Å². The Hall–Kier alpha value is -2.47. The standard InChI is InChI=1S/C18H22N6/c1-2-23-10-6-9-15(23)11-19-17-16-12-22-24(18(16)21-13-20-17)14-7-4-3-5-8-14/h3-5,7-8,12-13,15H,2,6,9-11H2,1H3,(H,19,20,21)/t15-/m0/s1. The summed E-state index contributed by atoms with van der Waals surface area (Å²) in [7, 11) is 0. The van der Waals surface area contributed by atoms with E-state index in [-0.39, 0.29) is 0 Å². The van der Waals surface area contributed by atoms with Crippen molar-refractivity contribution in [3.63, 3.8) is 0 Å². The quantitative estimate of drug-likeness (QED) is 0.783. The number of likely N-dealkylation sites (N-methyl/N-ethyl adjacent to an activating group) is 1. The maximum absolute atomic E-state index is 4.50. The van der Waals surface area contributed by atoms with Gasteiger partial charge in [-0.25, -0.2) is 14.6 Å². The van der Waals surface area contributed by atoms with Gasteiger partial charge in [-0.15, -0.1) is 0 Å². The Labute approximate surface area is 141 Å². The van der Waals surface area contributed by atoms with Gasteiger partial charge in [0.1, 0.15) is 12.1 Å². The number of hydrogen-bond donors (Lipinski definition) is 1. The van der Waals surface area contributed by atoms with Gasteiger partial charge in [-0.05, 0) is 38.1 Å². The molecular weight excluding hydrogens is 300 g/mol. The first-order valence-corrected chi connectivity index (χ1v) is 8.59. The Balaban J connectivity index is 1.59. The highest BCUT2D eigenvalue weighted by molar-refractivity contribution is 5.87. The van der Waals surface area contributed by atoms with Crippen molar-refractivity contribution in [3.8, 4) is 5.69 Å². The molecule has 4 rings (SSSR count). The fraction of sp³-hybridized carbons (Fsp3) is 0.389. The zero-order valence-electron chi connectivity index (χ0n) is 13.9. The molecule has 1 aliphatic heterocycles. The Kier molecular flexibility index (Phi) is 4.13. The van der Waals surface area contributed by atoms with E-state index >= 15 is 0 Å². The number of benzene rings is 1. The molecule has 0 spiro atoms. The molecule has 0 radical (unpaired) electrons. The Morgan fingerprint density at radius 3 is 2.92 bits per heavy atom. The van der Waals surface area contributed by atoms with E-state index in [4.69, 9.17) is 0 Å². The number of aromatic nitrogens is 4. The highest BCUT2D eigenvalue weighted by Crippen LogP contribution is 2.23. The van der Waals surface area contributed by atoms with Crippen LogP contribution in [0.5, 0.6) is 0 Å². The lowest BCUT2D eigenvalue weighted by atomic mass is 10.2. The fourth-order valence-electron chi connectivity index (χ4n) is 3.50. The molecule has 0 saturated carbocycles. The van der Waals surface area contributed by atoms with Gasteiger partial charge in [0, 0.05) is 12.6 Å². The molecule has 1 aliphatic rings. The third kappa shape index (κ3) is 2.73. The van der Waals surface area contributed by atoms with Gasteiger partial charge < -0.3 is 5.32 Å². The molecule has 6 nitrogen and oxygen atoms in total. The maximum Gasteiger partial charge on any atom is 0.168 e. The first kappa shape index (κ1) is 15.1. The third-order valence-corrected chi connectivity index (χ3v) is 4.78. The molecule has 0 aliphatic carbocycles. The first-order valence-electron chi connectivity index (χ1n) is 8.59. The van der Waals surface area contributed by atoms with Gasteiger partial charge in [0.2, 0.25) is 0 Å². The van der Waals surface area contributed by atoms with Crippen LogP contribution in [0.25, 0.3) is 16.7 Å². The molecule has 3 aromatic rings. The summed E-state index contributed by atoms with van der Waals surface area (Å²) in [6, 6.07) is 10.6. The minimum atomic E-state index is 0.587. The van der Waals surface area contributed by atoms with Crippen LogP contribution in [0.4, 0.5) is 5.82 Å². The van der Waals surface area contributed by atoms with Crippen LogP contribution < -0.4 is 5.32 Å². The van der Waals surface area contributed by atoms with Gasteiger partial charge in [-0.2, -0.15) is 5.10 Å². The monoisotopic (exact) mass is 322 g/mol. The molecule has 1 fully saturated rings. The van der Waals surface area contributed by atoms with Crippen LogP contribution in [0.1, 0.15) is 19.8 Å². The fourth-order valence-corrected chi connectivity index (χ4v) is 3.50. The molecule has 0 amide bonds. The first-order chi connectivity index (χ1) is 11.9. The van der Waals surface area contributed by atoms with Crippen molar-refractivity contribution in [3.05, 3.63) is 42.9 Å². The van der Waals surface area contributed by atoms with Gasteiger partial charge in [0.05, 0.1) is 17.3 Å². The number of anilines is 1. The van der Waals surface area contributed by atoms with Crippen LogP contribution in [-0.2, 0) is 0 Å².